The van der Waals surface area contributed by atoms with Crippen molar-refractivity contribution in [3.63, 3.8) is 0 Å². The van der Waals surface area contributed by atoms with Gasteiger partial charge < -0.3 is 14.6 Å². The number of pyridine rings is 1. The Labute approximate surface area is 211 Å². The number of halogens is 1. The van der Waals surface area contributed by atoms with Crippen LogP contribution >= 0.6 is 22.9 Å². The van der Waals surface area contributed by atoms with E-state index in [-0.39, 0.29) is 24.1 Å². The Morgan fingerprint density at radius 3 is 2.83 bits per heavy atom. The van der Waals surface area contributed by atoms with Crippen molar-refractivity contribution in [2.75, 3.05) is 7.11 Å². The fourth-order valence-corrected chi connectivity index (χ4v) is 5.60. The van der Waals surface area contributed by atoms with Gasteiger partial charge in [0.1, 0.15) is 27.7 Å². The minimum Gasteiger partial charge on any atom is -0.381 e. The van der Waals surface area contributed by atoms with Gasteiger partial charge in [0.05, 0.1) is 24.0 Å². The number of methoxy groups -OCH3 is 1. The van der Waals surface area contributed by atoms with E-state index in [1.165, 1.54) is 23.9 Å². The number of carbonyl (C=O) groups excluding carboxylic acids is 1. The molecule has 10 nitrogen and oxygen atoms in total. The van der Waals surface area contributed by atoms with Gasteiger partial charge >= 0.3 is 0 Å². The summed E-state index contributed by atoms with van der Waals surface area (Å²) in [5, 5.41) is 10.3. The number of rotatable bonds is 7. The first-order chi connectivity index (χ1) is 16.9. The molecular weight excluding hydrogens is 488 g/mol. The zero-order valence-electron chi connectivity index (χ0n) is 19.7. The summed E-state index contributed by atoms with van der Waals surface area (Å²) < 4.78 is 8.60. The van der Waals surface area contributed by atoms with Crippen molar-refractivity contribution in [1.82, 2.24) is 40.0 Å². The van der Waals surface area contributed by atoms with E-state index in [2.05, 4.69) is 48.9 Å². The van der Waals surface area contributed by atoms with Crippen LogP contribution in [0.2, 0.25) is 4.34 Å². The normalized spacial score (nSPS) is 20.5. The quantitative estimate of drug-likeness (QED) is 0.381. The summed E-state index contributed by atoms with van der Waals surface area (Å²) >= 11 is 7.15. The number of aromatic nitrogens is 7. The van der Waals surface area contributed by atoms with Crippen molar-refractivity contribution in [1.29, 1.82) is 0 Å². The molecule has 0 saturated heterocycles. The van der Waals surface area contributed by atoms with Gasteiger partial charge in [-0.3, -0.25) is 14.9 Å². The molecule has 4 aromatic rings. The summed E-state index contributed by atoms with van der Waals surface area (Å²) in [7, 11) is 1.72. The molecule has 0 radical (unpaired) electrons. The molecule has 0 bridgehead atoms. The fraction of sp³-hybridized carbons (Fsp3) is 0.478. The zero-order valence-corrected chi connectivity index (χ0v) is 21.3. The second-order valence-electron chi connectivity index (χ2n) is 9.25. The van der Waals surface area contributed by atoms with Gasteiger partial charge in [-0.25, -0.2) is 15.0 Å². The third-order valence-electron chi connectivity index (χ3n) is 6.24. The van der Waals surface area contributed by atoms with Gasteiger partial charge in [-0.1, -0.05) is 36.8 Å². The molecule has 1 saturated carbocycles. The van der Waals surface area contributed by atoms with Gasteiger partial charge in [-0.15, -0.1) is 0 Å². The van der Waals surface area contributed by atoms with Crippen LogP contribution in [0, 0.1) is 5.92 Å². The second-order valence-corrected chi connectivity index (χ2v) is 10.9. The van der Waals surface area contributed by atoms with E-state index in [0.29, 0.717) is 26.8 Å². The highest BCUT2D eigenvalue weighted by Crippen LogP contribution is 2.35. The Kier molecular flexibility index (Phi) is 6.81. The summed E-state index contributed by atoms with van der Waals surface area (Å²) in [4.78, 5) is 30.7. The number of nitrogens with one attached hydrogen (secondary N) is 2. The number of aromatic amines is 1. The minimum absolute atomic E-state index is 0.00105. The Morgan fingerprint density at radius 1 is 1.29 bits per heavy atom. The van der Waals surface area contributed by atoms with Crippen molar-refractivity contribution in [3.8, 4) is 11.5 Å². The number of hydrogen-bond donors (Lipinski definition) is 2. The van der Waals surface area contributed by atoms with Crippen molar-refractivity contribution in [2.45, 2.75) is 57.7 Å². The van der Waals surface area contributed by atoms with Crippen LogP contribution in [0.5, 0.6) is 0 Å². The van der Waals surface area contributed by atoms with Gasteiger partial charge in [0.15, 0.2) is 10.8 Å². The molecule has 1 aliphatic carbocycles. The van der Waals surface area contributed by atoms with E-state index in [1.54, 1.807) is 13.3 Å². The number of fused-ring (bicyclic) bond motifs is 1. The molecule has 12 heteroatoms. The van der Waals surface area contributed by atoms with Crippen LogP contribution in [0.4, 0.5) is 0 Å². The largest absolute Gasteiger partial charge is 0.381 e. The lowest BCUT2D eigenvalue weighted by atomic mass is 9.88. The van der Waals surface area contributed by atoms with Crippen LogP contribution in [0.25, 0.3) is 22.6 Å². The maximum absolute atomic E-state index is 12.8. The zero-order chi connectivity index (χ0) is 24.5. The monoisotopic (exact) mass is 514 g/mol. The number of hydrogen-bond acceptors (Lipinski definition) is 8. The lowest BCUT2D eigenvalue weighted by molar-refractivity contribution is 0.0390. The molecule has 0 aliphatic heterocycles. The predicted octanol–water partition coefficient (Wildman–Crippen LogP) is 4.06. The van der Waals surface area contributed by atoms with E-state index in [1.807, 2.05) is 6.07 Å². The molecule has 3 atom stereocenters. The molecule has 2 N–H and O–H groups in total. The number of nitrogens with zero attached hydrogens (tertiary/aromatic N) is 6. The molecule has 35 heavy (non-hydrogen) atoms. The van der Waals surface area contributed by atoms with Crippen molar-refractivity contribution < 1.29 is 9.53 Å². The van der Waals surface area contributed by atoms with Crippen molar-refractivity contribution in [2.24, 2.45) is 5.92 Å². The Morgan fingerprint density at radius 2 is 2.14 bits per heavy atom. The second kappa shape index (κ2) is 10.00. The van der Waals surface area contributed by atoms with Crippen LogP contribution in [0.15, 0.2) is 24.8 Å². The van der Waals surface area contributed by atoms with E-state index in [4.69, 9.17) is 21.3 Å². The maximum atomic E-state index is 12.8. The number of amides is 1. The molecule has 1 aliphatic rings. The van der Waals surface area contributed by atoms with Crippen LogP contribution in [-0.2, 0) is 11.2 Å². The Balaban J connectivity index is 1.50. The number of imidazole rings is 1. The molecule has 184 valence electrons. The van der Waals surface area contributed by atoms with Crippen molar-refractivity contribution in [3.05, 3.63) is 40.0 Å². The summed E-state index contributed by atoms with van der Waals surface area (Å²) in [5.41, 5.74) is 2.53. The van der Waals surface area contributed by atoms with Gasteiger partial charge in [0.2, 0.25) is 0 Å². The smallest absolute Gasteiger partial charge is 0.280 e. The lowest BCUT2D eigenvalue weighted by Gasteiger charge is -2.36. The first-order valence-corrected chi connectivity index (χ1v) is 12.8. The molecule has 4 heterocycles. The van der Waals surface area contributed by atoms with Gasteiger partial charge in [0.25, 0.3) is 5.91 Å². The minimum atomic E-state index is -0.211. The van der Waals surface area contributed by atoms with Crippen LogP contribution < -0.4 is 5.32 Å². The molecule has 0 spiro atoms. The topological polar surface area (TPSA) is 124 Å². The highest BCUT2D eigenvalue weighted by atomic mass is 35.5. The predicted molar refractivity (Wildman–Crippen MR) is 134 cm³/mol. The molecule has 1 fully saturated rings. The van der Waals surface area contributed by atoms with E-state index >= 15 is 0 Å². The first-order valence-electron chi connectivity index (χ1n) is 11.6. The third kappa shape index (κ3) is 5.07. The standard InChI is InChI=1S/C23H27ClN8O2S/c1-12(2)4-20-30-17-9-25-16(21-27-11-28-31-21)8-18(17)32(20)14-5-13(6-15(7-14)34-3)29-22(33)23-26-10-19(24)35-23/h8-15H,4-7H2,1-3H3,(H,29,33)(H,27,28,31)/t13?,14-,15+/m1/s1. The van der Waals surface area contributed by atoms with Gasteiger partial charge in [-0.2, -0.15) is 5.10 Å². The number of H-pyrrole nitrogens is 1. The van der Waals surface area contributed by atoms with Gasteiger partial charge in [-0.05, 0) is 31.2 Å². The summed E-state index contributed by atoms with van der Waals surface area (Å²) in [6.45, 7) is 4.37. The SMILES string of the molecule is CO[C@H]1CC(NC(=O)c2ncc(Cl)s2)C[C@@H](n2c(CC(C)C)nc3cnc(-c4ncn[nH]4)cc32)C1. The van der Waals surface area contributed by atoms with Crippen LogP contribution in [0.1, 0.15) is 54.8 Å². The number of thiazole rings is 1. The molecular formula is C23H27ClN8O2S. The fourth-order valence-electron chi connectivity index (χ4n) is 4.79. The highest BCUT2D eigenvalue weighted by molar-refractivity contribution is 7.17. The molecule has 1 unspecified atom stereocenters. The highest BCUT2D eigenvalue weighted by Gasteiger charge is 2.33. The lowest BCUT2D eigenvalue weighted by Crippen LogP contribution is -2.43. The molecule has 5 rings (SSSR count). The summed E-state index contributed by atoms with van der Waals surface area (Å²) in [6.07, 6.45) is 7.89. The Bertz CT molecular complexity index is 1320. The Hall–Kier alpha value is -2.89. The third-order valence-corrected chi connectivity index (χ3v) is 7.36. The van der Waals surface area contributed by atoms with Gasteiger partial charge in [0, 0.05) is 25.6 Å². The van der Waals surface area contributed by atoms with E-state index in [0.717, 1.165) is 42.5 Å². The number of ether oxygens (including phenoxy) is 1. The molecule has 0 aromatic carbocycles. The number of carbonyl (C=O) groups is 1. The van der Waals surface area contributed by atoms with Crippen LogP contribution in [-0.4, -0.2) is 59.9 Å². The first kappa shape index (κ1) is 23.8. The average molecular weight is 515 g/mol. The van der Waals surface area contributed by atoms with Crippen LogP contribution in [0.3, 0.4) is 0 Å². The molecule has 4 aromatic heterocycles. The summed E-state index contributed by atoms with van der Waals surface area (Å²) in [5.74, 6) is 1.83. The van der Waals surface area contributed by atoms with E-state index in [9.17, 15) is 4.79 Å². The van der Waals surface area contributed by atoms with E-state index < -0.39 is 0 Å². The summed E-state index contributed by atoms with van der Waals surface area (Å²) in [6, 6.07) is 2.02. The maximum Gasteiger partial charge on any atom is 0.280 e. The molecule has 1 amide bonds. The average Bonchev–Trinajstić information content (AvgIpc) is 3.57. The van der Waals surface area contributed by atoms with Crippen molar-refractivity contribution >= 4 is 39.9 Å².